The van der Waals surface area contributed by atoms with Gasteiger partial charge < -0.3 is 52.5 Å². The molecule has 135 heavy (non-hydrogen) atoms. The van der Waals surface area contributed by atoms with Crippen molar-refractivity contribution in [3.05, 3.63) is 248 Å². The van der Waals surface area contributed by atoms with E-state index >= 15 is 0 Å². The summed E-state index contributed by atoms with van der Waals surface area (Å²) in [5, 5.41) is 59.0. The number of pyridine rings is 4. The third kappa shape index (κ3) is 29.7. The van der Waals surface area contributed by atoms with Crippen molar-refractivity contribution in [3.63, 3.8) is 0 Å². The van der Waals surface area contributed by atoms with E-state index in [1.165, 1.54) is 106 Å². The number of aliphatic hydroxyl groups excluding tert-OH is 4. The second-order valence-corrected chi connectivity index (χ2v) is 46.7. The number of nitrogens with two attached hydrogens (primary N) is 1. The van der Waals surface area contributed by atoms with Crippen molar-refractivity contribution in [2.24, 2.45) is 53.1 Å². The molecule has 8 atom stereocenters. The van der Waals surface area contributed by atoms with E-state index in [4.69, 9.17) is 20.9 Å². The van der Waals surface area contributed by atoms with E-state index in [1.807, 2.05) is 18.2 Å². The molecule has 0 radical (unpaired) electrons. The molecule has 2 aliphatic heterocycles. The molecule has 2 fully saturated rings. The highest BCUT2D eigenvalue weighted by Crippen LogP contribution is 2.43. The molecule has 0 saturated heterocycles. The number of aromatic nitrogens is 4. The molecule has 2 saturated carbocycles. The Kier molecular flexibility index (Phi) is 42.0. The van der Waals surface area contributed by atoms with Crippen LogP contribution in [0.25, 0.3) is 0 Å². The van der Waals surface area contributed by atoms with Crippen molar-refractivity contribution in [2.75, 3.05) is 56.0 Å². The minimum absolute atomic E-state index is 0. The number of aliphatic hydroxyl groups is 4. The number of aromatic carboxylic acids is 1. The highest BCUT2D eigenvalue weighted by Gasteiger charge is 2.38. The Balaban J connectivity index is 0.000000209. The van der Waals surface area contributed by atoms with Crippen molar-refractivity contribution in [3.8, 4) is 0 Å². The number of nitrogens with zero attached hydrogens (tertiary/aromatic N) is 5. The molecule has 4 aromatic heterocycles. The van der Waals surface area contributed by atoms with Gasteiger partial charge in [0.2, 0.25) is 0 Å². The van der Waals surface area contributed by atoms with Gasteiger partial charge in [-0.2, -0.15) is 0 Å². The van der Waals surface area contributed by atoms with E-state index in [0.717, 1.165) is 113 Å². The predicted molar refractivity (Wildman–Crippen MR) is 530 cm³/mol. The number of fused-ring (bicyclic) bond motifs is 4. The number of rotatable bonds is 30. The van der Waals surface area contributed by atoms with Crippen molar-refractivity contribution in [1.29, 1.82) is 0 Å². The highest BCUT2D eigenvalue weighted by atomic mass is 35.5. The van der Waals surface area contributed by atoms with E-state index in [-0.39, 0.29) is 106 Å². The number of carbonyl (C=O) groups excluding carboxylic acids is 3. The van der Waals surface area contributed by atoms with E-state index in [0.29, 0.717) is 85.9 Å². The molecule has 4 aromatic carbocycles. The lowest BCUT2D eigenvalue weighted by Gasteiger charge is -2.34. The monoisotopic (exact) mass is 1950 g/mol. The summed E-state index contributed by atoms with van der Waals surface area (Å²) in [6, 6.07) is 30.6. The van der Waals surface area contributed by atoms with E-state index in [9.17, 15) is 68.2 Å². The molecule has 8 aromatic rings. The van der Waals surface area contributed by atoms with Crippen LogP contribution >= 0.6 is 12.4 Å². The number of nitrogens with one attached hydrogen (secondary N) is 4. The number of hydrogen-bond acceptors (Lipinski definition) is 23. The average molecular weight is 1960 g/mol. The third-order valence-electron chi connectivity index (χ3n) is 26.7. The van der Waals surface area contributed by atoms with Crippen molar-refractivity contribution < 1.29 is 78.4 Å². The molecule has 0 bridgehead atoms. The van der Waals surface area contributed by atoms with Gasteiger partial charge in [-0.15, -0.1) is 19.0 Å². The Bertz CT molecular complexity index is 5580. The first-order valence-corrected chi connectivity index (χ1v) is 53.9. The normalized spacial score (nSPS) is 19.8. The molecular formula is C103H143ClN10O17S4. The van der Waals surface area contributed by atoms with Crippen LogP contribution in [-0.4, -0.2) is 164 Å². The van der Waals surface area contributed by atoms with Crippen LogP contribution in [0, 0.1) is 47.3 Å². The van der Waals surface area contributed by atoms with Gasteiger partial charge in [-0.3, -0.25) is 39.2 Å². The Hall–Kier alpha value is -9.09. The zero-order valence-electron chi connectivity index (χ0n) is 80.6. The fraction of sp³-hybridized carbons (Fsp3) is 0.515. The van der Waals surface area contributed by atoms with Crippen LogP contribution in [-0.2, 0) is 65.3 Å². The second kappa shape index (κ2) is 51.0. The Morgan fingerprint density at radius 1 is 0.444 bits per heavy atom. The van der Waals surface area contributed by atoms with Crippen molar-refractivity contribution >= 4 is 75.4 Å². The number of allylic oxidation sites excluding steroid dienone is 1. The van der Waals surface area contributed by atoms with Crippen LogP contribution in [0.1, 0.15) is 318 Å². The standard InChI is InChI=1S/C29H41N3O4S.C22H28N2O4S.C21H27N3O4S.C12H15NO2.C10H15NO3S.C9H16.ClH/c1-5-37(35,36)25-12-10-22(11-13-25)26(18-33)31-29(34)23-14-24-17-32(16-21-8-6-20(4)7-9-21)28(19(2)3)27(24)30-15-23;1-4-29(27,28)18-8-5-15(6-9-18)20(13-25)24-22(26)17-11-16-7-10-19(14(2)3)21(16)23-12-17;1-4-29(27,28)17-7-5-14(6-8-17)18(12-25)24-21(26)16-9-15-10-22-19(13(2)3)20(15)23-11-16;1-7(2)10-4-3-8-5-9(12(14)15)6-13-11(8)10;1-2-15(13,14)9-5-3-8(4-6-9)10(11)7-12;1-3-9-6-4-8(2)5-7-9;/h10-15,19-21,26,28,33H,5-9,16-18H2,1-4H3,(H,31,34);5-6,8-9,11-12,14,19-20,25H,4,7,10,13H2,1-3H3,(H,24,26);5-9,11,13,18-19,22,25H,4,10,12H2,1-3H3,(H,24,26);5-7,10H,3-4H2,1-2H3,(H,14,15);3-6,10,12H,2,7,11H2,1H3;3,8-9H,1,4-7H2,2H3;1H/t20?,21?,26-,28-;19-,20-;18-,19-;2*10-;;/m00000../s1. The van der Waals surface area contributed by atoms with Crippen LogP contribution < -0.4 is 27.0 Å². The van der Waals surface area contributed by atoms with Crippen LogP contribution in [0.15, 0.2) is 178 Å². The molecule has 14 rings (SSSR count). The third-order valence-corrected chi connectivity index (χ3v) is 33.7. The lowest BCUT2D eigenvalue weighted by Crippen LogP contribution is -2.32. The second-order valence-electron chi connectivity index (χ2n) is 37.6. The van der Waals surface area contributed by atoms with E-state index in [1.54, 1.807) is 101 Å². The van der Waals surface area contributed by atoms with Crippen LogP contribution in [0.5, 0.6) is 0 Å². The first-order chi connectivity index (χ1) is 63.6. The maximum absolute atomic E-state index is 13.1. The van der Waals surface area contributed by atoms with Gasteiger partial charge >= 0.3 is 5.97 Å². The Labute approximate surface area is 806 Å². The van der Waals surface area contributed by atoms with Gasteiger partial charge in [0, 0.05) is 67.6 Å². The molecule has 0 unspecified atom stereocenters. The van der Waals surface area contributed by atoms with Crippen LogP contribution in [0.3, 0.4) is 0 Å². The summed E-state index contributed by atoms with van der Waals surface area (Å²) in [4.78, 5) is 70.9. The number of aryl methyl sites for hydroxylation is 2. The lowest BCUT2D eigenvalue weighted by atomic mass is 9.82. The molecule has 32 heteroatoms. The summed E-state index contributed by atoms with van der Waals surface area (Å²) in [6.45, 7) is 33.8. The largest absolute Gasteiger partial charge is 0.478 e. The number of benzene rings is 4. The van der Waals surface area contributed by atoms with Crippen molar-refractivity contribution in [1.82, 2.24) is 46.1 Å². The minimum Gasteiger partial charge on any atom is -0.478 e. The number of amides is 3. The lowest BCUT2D eigenvalue weighted by molar-refractivity contribution is 0.0695. The molecule has 3 amide bonds. The molecule has 4 aliphatic carbocycles. The summed E-state index contributed by atoms with van der Waals surface area (Å²) in [5.41, 5.74) is 18.5. The van der Waals surface area contributed by atoms with Crippen molar-refractivity contribution in [2.45, 2.75) is 255 Å². The number of hydrogen-bond donors (Lipinski definition) is 10. The number of sulfone groups is 4. The zero-order chi connectivity index (χ0) is 98.3. The highest BCUT2D eigenvalue weighted by molar-refractivity contribution is 7.92. The zero-order valence-corrected chi connectivity index (χ0v) is 84.7. The summed E-state index contributed by atoms with van der Waals surface area (Å²) < 4.78 is 94.9. The molecule has 6 aliphatic rings. The number of halogens is 1. The summed E-state index contributed by atoms with van der Waals surface area (Å²) in [7, 11) is -13.0. The Morgan fingerprint density at radius 3 is 1.11 bits per heavy atom. The SMILES string of the molecule is C=CC1CCC(C)CC1.CC(C)[C@@H]1CCc2cc(C(=O)O)cnc21.CCS(=O)(=O)c1ccc([C@@H](N)CO)cc1.CCS(=O)(=O)c1ccc([C@H](CO)NC(=O)c2cnc3c(c2)CC[C@H]3C(C)C)cc1.CCS(=O)(=O)c1ccc([C@H](CO)NC(=O)c2cnc3c(c2)CN(CC2CCC(C)CC2)[C@H]3C(C)C)cc1.CCS(=O)(=O)c1ccc([C@H](CO)NC(=O)c2cnc3c(c2)CN[C@H]3C(C)C)cc1.Cl. The van der Waals surface area contributed by atoms with E-state index < -0.39 is 69.5 Å². The molecule has 11 N–H and O–H groups in total. The van der Waals surface area contributed by atoms with Crippen LogP contribution in [0.2, 0.25) is 0 Å². The topological polar surface area (TPSA) is 435 Å². The molecule has 738 valence electrons. The Morgan fingerprint density at radius 2 is 0.778 bits per heavy atom. The summed E-state index contributed by atoms with van der Waals surface area (Å²) in [5.74, 6) is 4.53. The maximum atomic E-state index is 13.1. The smallest absolute Gasteiger partial charge is 0.337 e. The fourth-order valence-electron chi connectivity index (χ4n) is 18.1. The van der Waals surface area contributed by atoms with Gasteiger partial charge in [-0.1, -0.05) is 177 Å². The van der Waals surface area contributed by atoms with Gasteiger partial charge in [-0.05, 0) is 216 Å². The molecule has 6 heterocycles. The number of carbonyl (C=O) groups is 4. The first kappa shape index (κ1) is 111. The fourth-order valence-corrected chi connectivity index (χ4v) is 21.7. The summed E-state index contributed by atoms with van der Waals surface area (Å²) >= 11 is 0. The van der Waals surface area contributed by atoms with Gasteiger partial charge in [0.05, 0.1) is 139 Å². The maximum Gasteiger partial charge on any atom is 0.337 e. The summed E-state index contributed by atoms with van der Waals surface area (Å²) in [6.07, 6.45) is 23.2. The average Bonchev–Trinajstić information content (AvgIpc) is 1.63. The van der Waals surface area contributed by atoms with Gasteiger partial charge in [0.25, 0.3) is 17.7 Å². The molecular weight excluding hydrogens is 1810 g/mol. The van der Waals surface area contributed by atoms with E-state index in [2.05, 4.69) is 123 Å². The predicted octanol–water partition coefficient (Wildman–Crippen LogP) is 16.2. The van der Waals surface area contributed by atoms with Gasteiger partial charge in [0.1, 0.15) is 0 Å². The van der Waals surface area contributed by atoms with Crippen LogP contribution in [0.4, 0.5) is 0 Å². The number of carboxylic acids is 1. The van der Waals surface area contributed by atoms with Gasteiger partial charge in [-0.25, -0.2) is 38.5 Å². The molecule has 0 spiro atoms. The minimum atomic E-state index is -3.31. The number of carboxylic acid groups (broad SMARTS) is 1. The molecule has 27 nitrogen and oxygen atoms in total. The quantitative estimate of drug-likeness (QED) is 0.0187. The first-order valence-electron chi connectivity index (χ1n) is 47.3. The van der Waals surface area contributed by atoms with Gasteiger partial charge in [0.15, 0.2) is 39.3 Å².